The SMILES string of the molecule is CCC(C)NC(=O)CCNC(=O)N1CC(C(=O)O)C1. The van der Waals surface area contributed by atoms with Crippen LogP contribution in [0.2, 0.25) is 0 Å². The van der Waals surface area contributed by atoms with Gasteiger partial charge in [-0.05, 0) is 13.3 Å². The first-order chi connectivity index (χ1) is 8.93. The molecule has 0 saturated carbocycles. The zero-order chi connectivity index (χ0) is 14.4. The van der Waals surface area contributed by atoms with E-state index in [1.54, 1.807) is 0 Å². The molecule has 1 fully saturated rings. The van der Waals surface area contributed by atoms with E-state index in [2.05, 4.69) is 10.6 Å². The Morgan fingerprint density at radius 2 is 2.00 bits per heavy atom. The fourth-order valence-corrected chi connectivity index (χ4v) is 1.64. The van der Waals surface area contributed by atoms with Crippen molar-refractivity contribution in [3.05, 3.63) is 0 Å². The van der Waals surface area contributed by atoms with E-state index in [4.69, 9.17) is 5.11 Å². The minimum Gasteiger partial charge on any atom is -0.481 e. The molecule has 0 radical (unpaired) electrons. The summed E-state index contributed by atoms with van der Waals surface area (Å²) in [5, 5.41) is 14.1. The normalized spacial score (nSPS) is 16.4. The predicted octanol–water partition coefficient (Wildman–Crippen LogP) is 0.0172. The number of urea groups is 1. The molecule has 1 aliphatic rings. The number of amides is 3. The molecule has 1 heterocycles. The van der Waals surface area contributed by atoms with Gasteiger partial charge in [0.1, 0.15) is 0 Å². The number of hydrogen-bond donors (Lipinski definition) is 3. The Bertz CT molecular complexity index is 353. The number of likely N-dealkylation sites (tertiary alicyclic amines) is 1. The van der Waals surface area contributed by atoms with E-state index in [9.17, 15) is 14.4 Å². The minimum atomic E-state index is -0.878. The summed E-state index contributed by atoms with van der Waals surface area (Å²) in [6, 6.07) is -0.177. The highest BCUT2D eigenvalue weighted by atomic mass is 16.4. The first-order valence-corrected chi connectivity index (χ1v) is 6.49. The van der Waals surface area contributed by atoms with E-state index in [1.165, 1.54) is 4.90 Å². The molecule has 0 bridgehead atoms. The van der Waals surface area contributed by atoms with Gasteiger partial charge in [0, 0.05) is 32.1 Å². The van der Waals surface area contributed by atoms with Crippen LogP contribution in [0.4, 0.5) is 4.79 Å². The van der Waals surface area contributed by atoms with Crippen molar-refractivity contribution in [2.75, 3.05) is 19.6 Å². The molecular weight excluding hydrogens is 250 g/mol. The lowest BCUT2D eigenvalue weighted by Crippen LogP contribution is -2.56. The zero-order valence-corrected chi connectivity index (χ0v) is 11.3. The summed E-state index contributed by atoms with van der Waals surface area (Å²) in [5.74, 6) is -1.43. The maximum atomic E-state index is 11.5. The summed E-state index contributed by atoms with van der Waals surface area (Å²) in [6.45, 7) is 4.63. The van der Waals surface area contributed by atoms with Gasteiger partial charge in [0.25, 0.3) is 0 Å². The molecule has 1 rings (SSSR count). The Labute approximate surface area is 112 Å². The molecule has 1 saturated heterocycles. The quantitative estimate of drug-likeness (QED) is 0.634. The molecule has 1 aliphatic heterocycles. The molecule has 7 heteroatoms. The molecule has 3 N–H and O–H groups in total. The van der Waals surface area contributed by atoms with Gasteiger partial charge >= 0.3 is 12.0 Å². The molecule has 3 amide bonds. The van der Waals surface area contributed by atoms with Gasteiger partial charge in [0.15, 0.2) is 0 Å². The van der Waals surface area contributed by atoms with Gasteiger partial charge in [-0.25, -0.2) is 4.79 Å². The van der Waals surface area contributed by atoms with Crippen molar-refractivity contribution in [3.8, 4) is 0 Å². The summed E-state index contributed by atoms with van der Waals surface area (Å²) in [6.07, 6.45) is 1.09. The first-order valence-electron chi connectivity index (χ1n) is 6.49. The van der Waals surface area contributed by atoms with Crippen LogP contribution in [0, 0.1) is 5.92 Å². The average Bonchev–Trinajstić information content (AvgIpc) is 2.26. The standard InChI is InChI=1S/C12H21N3O4/c1-3-8(2)14-10(16)4-5-13-12(19)15-6-9(7-15)11(17)18/h8-9H,3-7H2,1-2H3,(H,13,19)(H,14,16)(H,17,18). The highest BCUT2D eigenvalue weighted by Gasteiger charge is 2.35. The molecule has 1 unspecified atom stereocenters. The number of nitrogens with one attached hydrogen (secondary N) is 2. The van der Waals surface area contributed by atoms with E-state index in [-0.39, 0.29) is 44.0 Å². The Hall–Kier alpha value is -1.79. The number of aliphatic carboxylic acids is 1. The zero-order valence-electron chi connectivity index (χ0n) is 11.3. The summed E-state index contributed by atoms with van der Waals surface area (Å²) >= 11 is 0. The maximum Gasteiger partial charge on any atom is 0.317 e. The largest absolute Gasteiger partial charge is 0.481 e. The molecule has 7 nitrogen and oxygen atoms in total. The monoisotopic (exact) mass is 271 g/mol. The van der Waals surface area contributed by atoms with Gasteiger partial charge in [-0.3, -0.25) is 9.59 Å². The van der Waals surface area contributed by atoms with E-state index < -0.39 is 11.9 Å². The van der Waals surface area contributed by atoms with Crippen molar-refractivity contribution >= 4 is 17.9 Å². The fraction of sp³-hybridized carbons (Fsp3) is 0.750. The minimum absolute atomic E-state index is 0.0957. The van der Waals surface area contributed by atoms with E-state index in [0.29, 0.717) is 0 Å². The topological polar surface area (TPSA) is 98.7 Å². The highest BCUT2D eigenvalue weighted by molar-refractivity contribution is 5.81. The van der Waals surface area contributed by atoms with Crippen molar-refractivity contribution in [3.63, 3.8) is 0 Å². The molecule has 0 aromatic carbocycles. The second-order valence-electron chi connectivity index (χ2n) is 4.80. The Morgan fingerprint density at radius 1 is 1.37 bits per heavy atom. The third-order valence-corrected chi connectivity index (χ3v) is 3.17. The van der Waals surface area contributed by atoms with Gasteiger partial charge in [-0.2, -0.15) is 0 Å². The van der Waals surface area contributed by atoms with Crippen LogP contribution in [0.5, 0.6) is 0 Å². The lowest BCUT2D eigenvalue weighted by molar-refractivity contribution is -0.146. The van der Waals surface area contributed by atoms with Gasteiger partial charge in [-0.15, -0.1) is 0 Å². The van der Waals surface area contributed by atoms with Gasteiger partial charge in [0.2, 0.25) is 5.91 Å². The van der Waals surface area contributed by atoms with E-state index in [0.717, 1.165) is 6.42 Å². The summed E-state index contributed by atoms with van der Waals surface area (Å²) < 4.78 is 0. The van der Waals surface area contributed by atoms with Crippen LogP contribution in [0.1, 0.15) is 26.7 Å². The molecule has 0 aliphatic carbocycles. The molecule has 0 aromatic rings. The van der Waals surface area contributed by atoms with Crippen molar-refractivity contribution in [2.45, 2.75) is 32.7 Å². The summed E-state index contributed by atoms with van der Waals surface area (Å²) in [7, 11) is 0. The van der Waals surface area contributed by atoms with Gasteiger partial charge < -0.3 is 20.6 Å². The van der Waals surface area contributed by atoms with Crippen LogP contribution in [0.25, 0.3) is 0 Å². The van der Waals surface area contributed by atoms with Crippen molar-refractivity contribution in [1.29, 1.82) is 0 Å². The van der Waals surface area contributed by atoms with Crippen molar-refractivity contribution in [2.24, 2.45) is 5.92 Å². The second kappa shape index (κ2) is 6.96. The van der Waals surface area contributed by atoms with E-state index >= 15 is 0 Å². The molecule has 0 spiro atoms. The number of carboxylic acids is 1. The molecule has 19 heavy (non-hydrogen) atoms. The van der Waals surface area contributed by atoms with Gasteiger partial charge in [0.05, 0.1) is 5.92 Å². The summed E-state index contributed by atoms with van der Waals surface area (Å²) in [4.78, 5) is 35.0. The maximum absolute atomic E-state index is 11.5. The molecule has 108 valence electrons. The van der Waals surface area contributed by atoms with Crippen LogP contribution in [-0.4, -0.2) is 53.6 Å². The highest BCUT2D eigenvalue weighted by Crippen LogP contribution is 2.14. The molecular formula is C12H21N3O4. The molecule has 0 aromatic heterocycles. The third kappa shape index (κ3) is 4.76. The lowest BCUT2D eigenvalue weighted by Gasteiger charge is -2.36. The number of hydrogen-bond acceptors (Lipinski definition) is 3. The molecule has 1 atom stereocenters. The van der Waals surface area contributed by atoms with Crippen LogP contribution in [-0.2, 0) is 9.59 Å². The third-order valence-electron chi connectivity index (χ3n) is 3.17. The van der Waals surface area contributed by atoms with Crippen LogP contribution < -0.4 is 10.6 Å². The number of rotatable bonds is 6. The smallest absolute Gasteiger partial charge is 0.317 e. The Morgan fingerprint density at radius 3 is 2.53 bits per heavy atom. The fourth-order valence-electron chi connectivity index (χ4n) is 1.64. The van der Waals surface area contributed by atoms with Crippen molar-refractivity contribution < 1.29 is 19.5 Å². The second-order valence-corrected chi connectivity index (χ2v) is 4.80. The van der Waals surface area contributed by atoms with Crippen LogP contribution in [0.3, 0.4) is 0 Å². The van der Waals surface area contributed by atoms with Crippen LogP contribution >= 0.6 is 0 Å². The average molecular weight is 271 g/mol. The van der Waals surface area contributed by atoms with E-state index in [1.807, 2.05) is 13.8 Å². The van der Waals surface area contributed by atoms with Gasteiger partial charge in [-0.1, -0.05) is 6.92 Å². The number of carbonyl (C=O) groups is 3. The van der Waals surface area contributed by atoms with Crippen LogP contribution in [0.15, 0.2) is 0 Å². The Balaban J connectivity index is 2.12. The number of carbonyl (C=O) groups excluding carboxylic acids is 2. The predicted molar refractivity (Wildman–Crippen MR) is 68.6 cm³/mol. The number of carboxylic acid groups (broad SMARTS) is 1. The lowest BCUT2D eigenvalue weighted by atomic mass is 10.0. The Kier molecular flexibility index (Phi) is 5.59. The number of nitrogens with zero attached hydrogens (tertiary/aromatic N) is 1. The summed E-state index contributed by atoms with van der Waals surface area (Å²) in [5.41, 5.74) is 0. The van der Waals surface area contributed by atoms with Crippen molar-refractivity contribution in [1.82, 2.24) is 15.5 Å². The first kappa shape index (κ1) is 15.3.